The van der Waals surface area contributed by atoms with Gasteiger partial charge in [0.2, 0.25) is 5.76 Å². The molecule has 7 nitrogen and oxygen atoms in total. The van der Waals surface area contributed by atoms with Crippen LogP contribution in [0.3, 0.4) is 0 Å². The van der Waals surface area contributed by atoms with Crippen LogP contribution in [-0.2, 0) is 6.42 Å². The molecule has 2 heterocycles. The maximum absolute atomic E-state index is 13.9. The van der Waals surface area contributed by atoms with Gasteiger partial charge in [0.05, 0.1) is 31.2 Å². The fraction of sp³-hybridized carbons (Fsp3) is 0.241. The SMILES string of the molecule is COc1ccc(CCN2C(=O)c3oc4cc(C)cc(C)c4c(=O)c3[C@H]2c2ccc(O)c(OC)c2)cc1. The van der Waals surface area contributed by atoms with E-state index in [-0.39, 0.29) is 28.6 Å². The van der Waals surface area contributed by atoms with E-state index in [1.165, 1.54) is 13.2 Å². The molecule has 0 bridgehead atoms. The fourth-order valence-electron chi connectivity index (χ4n) is 5.00. The van der Waals surface area contributed by atoms with Crippen molar-refractivity contribution < 1.29 is 23.8 Å². The molecule has 1 aliphatic heterocycles. The zero-order valence-corrected chi connectivity index (χ0v) is 20.6. The highest BCUT2D eigenvalue weighted by atomic mass is 16.5. The Morgan fingerprint density at radius 1 is 0.972 bits per heavy atom. The topological polar surface area (TPSA) is 89.2 Å². The smallest absolute Gasteiger partial charge is 0.290 e. The van der Waals surface area contributed by atoms with Crippen LogP contribution in [0.1, 0.15) is 44.4 Å². The number of phenolic OH excluding ortho intramolecular Hbond substituents is 1. The number of aromatic hydroxyl groups is 1. The minimum Gasteiger partial charge on any atom is -0.504 e. The van der Waals surface area contributed by atoms with Gasteiger partial charge in [0, 0.05) is 6.54 Å². The Hall–Kier alpha value is -4.26. The third-order valence-electron chi connectivity index (χ3n) is 6.73. The second-order valence-electron chi connectivity index (χ2n) is 9.06. The first-order valence-corrected chi connectivity index (χ1v) is 11.7. The third kappa shape index (κ3) is 3.86. The molecule has 5 rings (SSSR count). The van der Waals surface area contributed by atoms with E-state index < -0.39 is 6.04 Å². The molecule has 1 atom stereocenters. The molecule has 4 aromatic rings. The quantitative estimate of drug-likeness (QED) is 0.417. The number of ether oxygens (including phenoxy) is 2. The number of benzene rings is 3. The molecule has 0 aliphatic carbocycles. The summed E-state index contributed by atoms with van der Waals surface area (Å²) in [5, 5.41) is 10.6. The first kappa shape index (κ1) is 23.5. The number of carbonyl (C=O) groups excluding carboxylic acids is 1. The van der Waals surface area contributed by atoms with Gasteiger partial charge < -0.3 is 23.9 Å². The lowest BCUT2D eigenvalue weighted by molar-refractivity contribution is 0.0730. The monoisotopic (exact) mass is 485 g/mol. The number of methoxy groups -OCH3 is 2. The van der Waals surface area contributed by atoms with Crippen molar-refractivity contribution in [2.45, 2.75) is 26.3 Å². The number of nitrogens with zero attached hydrogens (tertiary/aromatic N) is 1. The highest BCUT2D eigenvalue weighted by Gasteiger charge is 2.43. The summed E-state index contributed by atoms with van der Waals surface area (Å²) in [6.45, 7) is 4.15. The lowest BCUT2D eigenvalue weighted by Crippen LogP contribution is -2.31. The van der Waals surface area contributed by atoms with Gasteiger partial charge in [-0.25, -0.2) is 0 Å². The van der Waals surface area contributed by atoms with Crippen LogP contribution in [0.15, 0.2) is 63.8 Å². The molecule has 0 saturated carbocycles. The van der Waals surface area contributed by atoms with E-state index in [4.69, 9.17) is 13.9 Å². The molecule has 0 radical (unpaired) electrons. The highest BCUT2D eigenvalue weighted by Crippen LogP contribution is 2.41. The van der Waals surface area contributed by atoms with Crippen LogP contribution < -0.4 is 14.9 Å². The number of hydrogen-bond acceptors (Lipinski definition) is 6. The summed E-state index contributed by atoms with van der Waals surface area (Å²) < 4.78 is 16.7. The summed E-state index contributed by atoms with van der Waals surface area (Å²) >= 11 is 0. The fourth-order valence-corrected chi connectivity index (χ4v) is 5.00. The van der Waals surface area contributed by atoms with Crippen LogP contribution in [0.5, 0.6) is 17.2 Å². The van der Waals surface area contributed by atoms with Crippen molar-refractivity contribution in [1.29, 1.82) is 0 Å². The van der Waals surface area contributed by atoms with Gasteiger partial charge in [-0.1, -0.05) is 24.3 Å². The van der Waals surface area contributed by atoms with Crippen molar-refractivity contribution in [1.82, 2.24) is 4.90 Å². The predicted molar refractivity (Wildman–Crippen MR) is 136 cm³/mol. The Morgan fingerprint density at radius 3 is 2.42 bits per heavy atom. The summed E-state index contributed by atoms with van der Waals surface area (Å²) in [6.07, 6.45) is 0.571. The lowest BCUT2D eigenvalue weighted by atomic mass is 9.96. The Morgan fingerprint density at radius 2 is 1.72 bits per heavy atom. The van der Waals surface area contributed by atoms with E-state index >= 15 is 0 Å². The minimum atomic E-state index is -0.679. The number of phenols is 1. The standard InChI is InChI=1S/C29H27NO6/c1-16-13-17(2)24-23(14-16)36-28-25(27(24)32)26(19-7-10-21(31)22(15-19)35-4)30(29(28)33)12-11-18-5-8-20(34-3)9-6-18/h5-10,13-15,26,31H,11-12H2,1-4H3/t26-/m1/s1. The van der Waals surface area contributed by atoms with Crippen molar-refractivity contribution >= 4 is 16.9 Å². The number of rotatable bonds is 6. The van der Waals surface area contributed by atoms with Gasteiger partial charge in [-0.2, -0.15) is 0 Å². The number of fused-ring (bicyclic) bond motifs is 2. The molecular weight excluding hydrogens is 458 g/mol. The van der Waals surface area contributed by atoms with Crippen LogP contribution in [0, 0.1) is 13.8 Å². The second kappa shape index (κ2) is 9.07. The number of aryl methyl sites for hydroxylation is 2. The van der Waals surface area contributed by atoms with Crippen LogP contribution in [-0.4, -0.2) is 36.7 Å². The molecular formula is C29H27NO6. The van der Waals surface area contributed by atoms with Crippen molar-refractivity contribution in [3.63, 3.8) is 0 Å². The lowest BCUT2D eigenvalue weighted by Gasteiger charge is -2.25. The average molecular weight is 486 g/mol. The third-order valence-corrected chi connectivity index (χ3v) is 6.73. The number of amides is 1. The molecule has 36 heavy (non-hydrogen) atoms. The van der Waals surface area contributed by atoms with Crippen LogP contribution in [0.25, 0.3) is 11.0 Å². The van der Waals surface area contributed by atoms with Crippen molar-refractivity contribution in [3.8, 4) is 17.2 Å². The van der Waals surface area contributed by atoms with Crippen molar-refractivity contribution in [2.24, 2.45) is 0 Å². The summed E-state index contributed by atoms with van der Waals surface area (Å²) in [5.41, 5.74) is 3.92. The number of carbonyl (C=O) groups is 1. The van der Waals surface area contributed by atoms with Crippen molar-refractivity contribution in [2.75, 3.05) is 20.8 Å². The Bertz CT molecular complexity index is 1540. The molecule has 0 unspecified atom stereocenters. The molecule has 1 aromatic heterocycles. The molecule has 0 fully saturated rings. The maximum atomic E-state index is 13.9. The minimum absolute atomic E-state index is 0.0209. The van der Waals surface area contributed by atoms with Crippen LogP contribution in [0.4, 0.5) is 0 Å². The van der Waals surface area contributed by atoms with Gasteiger partial charge in [0.15, 0.2) is 16.9 Å². The van der Waals surface area contributed by atoms with Gasteiger partial charge in [0.1, 0.15) is 11.3 Å². The average Bonchev–Trinajstić information content (AvgIpc) is 3.14. The molecule has 7 heteroatoms. The van der Waals surface area contributed by atoms with Gasteiger partial charge >= 0.3 is 0 Å². The van der Waals surface area contributed by atoms with Gasteiger partial charge in [-0.05, 0) is 72.9 Å². The van der Waals surface area contributed by atoms with Crippen molar-refractivity contribution in [3.05, 3.63) is 98.4 Å². The van der Waals surface area contributed by atoms with E-state index in [1.54, 1.807) is 30.2 Å². The van der Waals surface area contributed by atoms with Gasteiger partial charge in [-0.15, -0.1) is 0 Å². The maximum Gasteiger partial charge on any atom is 0.290 e. The zero-order valence-electron chi connectivity index (χ0n) is 20.6. The summed E-state index contributed by atoms with van der Waals surface area (Å²) in [5.74, 6) is 0.718. The molecule has 1 amide bonds. The summed E-state index contributed by atoms with van der Waals surface area (Å²) in [4.78, 5) is 29.2. The highest BCUT2D eigenvalue weighted by molar-refractivity contribution is 5.99. The van der Waals surface area contributed by atoms with Crippen LogP contribution >= 0.6 is 0 Å². The largest absolute Gasteiger partial charge is 0.504 e. The molecule has 1 aliphatic rings. The normalized spacial score (nSPS) is 14.8. The predicted octanol–water partition coefficient (Wildman–Crippen LogP) is 4.92. The second-order valence-corrected chi connectivity index (χ2v) is 9.06. The molecule has 1 N–H and O–H groups in total. The van der Waals surface area contributed by atoms with Gasteiger partial charge in [0.25, 0.3) is 5.91 Å². The van der Waals surface area contributed by atoms with E-state index in [9.17, 15) is 14.7 Å². The summed E-state index contributed by atoms with van der Waals surface area (Å²) in [7, 11) is 3.07. The Labute approximate surface area is 208 Å². The van der Waals surface area contributed by atoms with E-state index in [2.05, 4.69) is 0 Å². The van der Waals surface area contributed by atoms with E-state index in [1.807, 2.05) is 44.2 Å². The Kier molecular flexibility index (Phi) is 5.92. The number of hydrogen-bond donors (Lipinski definition) is 1. The molecule has 0 spiro atoms. The first-order chi connectivity index (χ1) is 17.3. The molecule has 184 valence electrons. The Balaban J connectivity index is 1.65. The summed E-state index contributed by atoms with van der Waals surface area (Å²) in [6, 6.07) is 15.6. The molecule has 3 aromatic carbocycles. The molecule has 0 saturated heterocycles. The van der Waals surface area contributed by atoms with Gasteiger partial charge in [-0.3, -0.25) is 9.59 Å². The van der Waals surface area contributed by atoms with E-state index in [0.717, 1.165) is 22.4 Å². The zero-order chi connectivity index (χ0) is 25.6. The van der Waals surface area contributed by atoms with Crippen LogP contribution in [0.2, 0.25) is 0 Å². The van der Waals surface area contributed by atoms with E-state index in [0.29, 0.717) is 35.1 Å². The first-order valence-electron chi connectivity index (χ1n) is 11.7.